The Hall–Kier alpha value is -1.66. The predicted molar refractivity (Wildman–Crippen MR) is 56.2 cm³/mol. The molecule has 0 fully saturated rings. The lowest BCUT2D eigenvalue weighted by Crippen LogP contribution is -2.27. The zero-order valence-corrected chi connectivity index (χ0v) is 9.13. The minimum absolute atomic E-state index is 0.0956. The van der Waals surface area contributed by atoms with Gasteiger partial charge in [0.25, 0.3) is 0 Å². The number of aliphatic hydroxyl groups excluding tert-OH is 2. The van der Waals surface area contributed by atoms with Crippen molar-refractivity contribution >= 4 is 5.97 Å². The predicted octanol–water partition coefficient (Wildman–Crippen LogP) is 0.703. The molecule has 0 aliphatic heterocycles. The Kier molecular flexibility index (Phi) is 4.42. The monoisotopic (exact) mass is 244 g/mol. The third-order valence-corrected chi connectivity index (χ3v) is 2.14. The van der Waals surface area contributed by atoms with E-state index in [0.29, 0.717) is 0 Å². The van der Waals surface area contributed by atoms with Gasteiger partial charge in [0, 0.05) is 5.56 Å². The SMILES string of the molecule is CCOc1ccc(F)cc1C(O)C(O)C(=O)O. The summed E-state index contributed by atoms with van der Waals surface area (Å²) < 4.78 is 18.1. The van der Waals surface area contributed by atoms with Gasteiger partial charge in [-0.1, -0.05) is 0 Å². The van der Waals surface area contributed by atoms with Crippen LogP contribution in [0.1, 0.15) is 18.6 Å². The van der Waals surface area contributed by atoms with Gasteiger partial charge in [-0.3, -0.25) is 0 Å². The summed E-state index contributed by atoms with van der Waals surface area (Å²) in [6.45, 7) is 1.96. The number of carboxylic acid groups (broad SMARTS) is 1. The van der Waals surface area contributed by atoms with E-state index in [4.69, 9.17) is 9.84 Å². The number of aliphatic hydroxyl groups is 2. The van der Waals surface area contributed by atoms with Gasteiger partial charge in [-0.05, 0) is 25.1 Å². The van der Waals surface area contributed by atoms with Gasteiger partial charge >= 0.3 is 5.97 Å². The molecule has 6 heteroatoms. The fourth-order valence-corrected chi connectivity index (χ4v) is 1.34. The molecule has 0 aromatic heterocycles. The number of hydrogen-bond donors (Lipinski definition) is 3. The van der Waals surface area contributed by atoms with Gasteiger partial charge in [0.15, 0.2) is 6.10 Å². The summed E-state index contributed by atoms with van der Waals surface area (Å²) in [5.74, 6) is -2.11. The van der Waals surface area contributed by atoms with Gasteiger partial charge in [0.05, 0.1) is 6.61 Å². The summed E-state index contributed by atoms with van der Waals surface area (Å²) in [4.78, 5) is 10.5. The van der Waals surface area contributed by atoms with Crippen LogP contribution in [-0.4, -0.2) is 34.0 Å². The Bertz CT molecular complexity index is 407. The molecule has 0 amide bonds. The van der Waals surface area contributed by atoms with Crippen LogP contribution in [0.5, 0.6) is 5.75 Å². The van der Waals surface area contributed by atoms with Crippen molar-refractivity contribution in [3.05, 3.63) is 29.6 Å². The lowest BCUT2D eigenvalue weighted by molar-refractivity contribution is -0.153. The molecule has 0 saturated heterocycles. The molecule has 0 aliphatic rings. The number of carbonyl (C=O) groups is 1. The molecule has 0 bridgehead atoms. The number of ether oxygens (including phenoxy) is 1. The van der Waals surface area contributed by atoms with Gasteiger partial charge in [-0.2, -0.15) is 0 Å². The van der Waals surface area contributed by atoms with E-state index in [1.54, 1.807) is 6.92 Å². The first-order chi connectivity index (χ1) is 7.97. The minimum Gasteiger partial charge on any atom is -0.493 e. The average molecular weight is 244 g/mol. The number of halogens is 1. The molecule has 0 radical (unpaired) electrons. The Morgan fingerprint density at radius 1 is 1.47 bits per heavy atom. The summed E-state index contributed by atoms with van der Waals surface area (Å²) in [6, 6.07) is 3.32. The Morgan fingerprint density at radius 2 is 2.12 bits per heavy atom. The van der Waals surface area contributed by atoms with Gasteiger partial charge in [-0.15, -0.1) is 0 Å². The molecule has 0 saturated carbocycles. The first-order valence-electron chi connectivity index (χ1n) is 4.98. The molecule has 3 N–H and O–H groups in total. The first kappa shape index (κ1) is 13.4. The van der Waals surface area contributed by atoms with E-state index in [0.717, 1.165) is 12.1 Å². The Labute approximate surface area is 97.1 Å². The highest BCUT2D eigenvalue weighted by Crippen LogP contribution is 2.28. The molecule has 1 aromatic rings. The smallest absolute Gasteiger partial charge is 0.335 e. The third-order valence-electron chi connectivity index (χ3n) is 2.14. The van der Waals surface area contributed by atoms with E-state index in [2.05, 4.69) is 0 Å². The molecule has 2 atom stereocenters. The quantitative estimate of drug-likeness (QED) is 0.709. The number of hydrogen-bond acceptors (Lipinski definition) is 4. The summed E-state index contributed by atoms with van der Waals surface area (Å²) in [5, 5.41) is 27.4. The highest BCUT2D eigenvalue weighted by atomic mass is 19.1. The number of rotatable bonds is 5. The second-order valence-corrected chi connectivity index (χ2v) is 3.34. The standard InChI is InChI=1S/C11H13FO5/c1-2-17-8-4-3-6(12)5-7(8)9(13)10(14)11(15)16/h3-5,9-10,13-14H,2H2,1H3,(H,15,16). The van der Waals surface area contributed by atoms with Crippen LogP contribution < -0.4 is 4.74 Å². The summed E-state index contributed by atoms with van der Waals surface area (Å²) in [6.07, 6.45) is -3.78. The molecule has 0 aliphatic carbocycles. The molecule has 94 valence electrons. The van der Waals surface area contributed by atoms with Crippen LogP contribution in [0.15, 0.2) is 18.2 Å². The molecule has 2 unspecified atom stereocenters. The summed E-state index contributed by atoms with van der Waals surface area (Å²) in [5.41, 5.74) is -0.0956. The highest BCUT2D eigenvalue weighted by molar-refractivity contribution is 5.73. The normalized spacial score (nSPS) is 14.1. The maximum atomic E-state index is 13.0. The van der Waals surface area contributed by atoms with E-state index in [1.165, 1.54) is 6.07 Å². The van der Waals surface area contributed by atoms with Crippen LogP contribution >= 0.6 is 0 Å². The molecule has 1 rings (SSSR count). The summed E-state index contributed by atoms with van der Waals surface area (Å²) in [7, 11) is 0. The van der Waals surface area contributed by atoms with Crippen molar-refractivity contribution < 1.29 is 29.2 Å². The molecular weight excluding hydrogens is 231 g/mol. The van der Waals surface area contributed by atoms with Gasteiger partial charge in [0.2, 0.25) is 0 Å². The van der Waals surface area contributed by atoms with Crippen molar-refractivity contribution in [1.29, 1.82) is 0 Å². The summed E-state index contributed by atoms with van der Waals surface area (Å²) >= 11 is 0. The largest absolute Gasteiger partial charge is 0.493 e. The van der Waals surface area contributed by atoms with Crippen LogP contribution in [0.2, 0.25) is 0 Å². The zero-order valence-electron chi connectivity index (χ0n) is 9.13. The van der Waals surface area contributed by atoms with Crippen molar-refractivity contribution in [2.24, 2.45) is 0 Å². The molecule has 17 heavy (non-hydrogen) atoms. The maximum absolute atomic E-state index is 13.0. The maximum Gasteiger partial charge on any atom is 0.335 e. The van der Waals surface area contributed by atoms with Crippen molar-refractivity contribution in [3.8, 4) is 5.75 Å². The molecule has 5 nitrogen and oxygen atoms in total. The van der Waals surface area contributed by atoms with Gasteiger partial charge in [-0.25, -0.2) is 9.18 Å². The van der Waals surface area contributed by atoms with E-state index in [-0.39, 0.29) is 17.9 Å². The highest BCUT2D eigenvalue weighted by Gasteiger charge is 2.28. The molecule has 0 spiro atoms. The van der Waals surface area contributed by atoms with Crippen LogP contribution in [0.3, 0.4) is 0 Å². The minimum atomic E-state index is -2.03. The third kappa shape index (κ3) is 3.15. The second-order valence-electron chi connectivity index (χ2n) is 3.34. The van der Waals surface area contributed by atoms with E-state index < -0.39 is 24.0 Å². The van der Waals surface area contributed by atoms with Crippen LogP contribution in [0.25, 0.3) is 0 Å². The fraction of sp³-hybridized carbons (Fsp3) is 0.364. The second kappa shape index (κ2) is 5.60. The first-order valence-corrected chi connectivity index (χ1v) is 4.98. The Morgan fingerprint density at radius 3 is 2.65 bits per heavy atom. The number of aliphatic carboxylic acids is 1. The van der Waals surface area contributed by atoms with E-state index >= 15 is 0 Å². The fourth-order valence-electron chi connectivity index (χ4n) is 1.34. The van der Waals surface area contributed by atoms with E-state index in [9.17, 15) is 19.4 Å². The van der Waals surface area contributed by atoms with E-state index in [1.807, 2.05) is 0 Å². The van der Waals surface area contributed by atoms with Crippen molar-refractivity contribution in [3.63, 3.8) is 0 Å². The van der Waals surface area contributed by atoms with Crippen molar-refractivity contribution in [1.82, 2.24) is 0 Å². The van der Waals surface area contributed by atoms with Crippen molar-refractivity contribution in [2.75, 3.05) is 6.61 Å². The Balaban J connectivity index is 3.09. The number of benzene rings is 1. The van der Waals surface area contributed by atoms with Crippen molar-refractivity contribution in [2.45, 2.75) is 19.1 Å². The number of carboxylic acids is 1. The lowest BCUT2D eigenvalue weighted by Gasteiger charge is -2.17. The molecule has 0 heterocycles. The topological polar surface area (TPSA) is 87.0 Å². The lowest BCUT2D eigenvalue weighted by atomic mass is 10.0. The van der Waals surface area contributed by atoms with Crippen LogP contribution in [-0.2, 0) is 4.79 Å². The van der Waals surface area contributed by atoms with Gasteiger partial charge < -0.3 is 20.1 Å². The van der Waals surface area contributed by atoms with Gasteiger partial charge in [0.1, 0.15) is 17.7 Å². The molecule has 1 aromatic carbocycles. The zero-order chi connectivity index (χ0) is 13.0. The van der Waals surface area contributed by atoms with Crippen LogP contribution in [0.4, 0.5) is 4.39 Å². The van der Waals surface area contributed by atoms with Crippen LogP contribution in [0, 0.1) is 5.82 Å². The average Bonchev–Trinajstić information content (AvgIpc) is 2.29. The molecular formula is C11H13FO5.